The molecule has 0 fully saturated rings. The van der Waals surface area contributed by atoms with Gasteiger partial charge in [0.25, 0.3) is 6.01 Å². The van der Waals surface area contributed by atoms with E-state index in [0.29, 0.717) is 17.5 Å². The van der Waals surface area contributed by atoms with Crippen LogP contribution in [0.5, 0.6) is 0 Å². The number of oxazole rings is 1. The Hall–Kier alpha value is -3.02. The van der Waals surface area contributed by atoms with Crippen LogP contribution in [-0.2, 0) is 0 Å². The van der Waals surface area contributed by atoms with Crippen LogP contribution >= 0.6 is 0 Å². The van der Waals surface area contributed by atoms with Crippen molar-refractivity contribution in [2.75, 3.05) is 5.32 Å². The predicted octanol–water partition coefficient (Wildman–Crippen LogP) is 4.19. The number of rotatable bonds is 4. The van der Waals surface area contributed by atoms with Gasteiger partial charge >= 0.3 is 0 Å². The van der Waals surface area contributed by atoms with Crippen molar-refractivity contribution in [3.8, 4) is 11.3 Å². The lowest BCUT2D eigenvalue weighted by atomic mass is 10.2. The number of anilines is 2. The van der Waals surface area contributed by atoms with Gasteiger partial charge in [-0.1, -0.05) is 6.07 Å². The molecule has 0 unspecified atom stereocenters. The molecular formula is C15H12N4O2. The Bertz CT molecular complexity index is 768. The fourth-order valence-corrected chi connectivity index (χ4v) is 1.90. The first-order valence-electron chi connectivity index (χ1n) is 6.33. The molecule has 3 aromatic rings. The fourth-order valence-electron chi connectivity index (χ4n) is 1.90. The summed E-state index contributed by atoms with van der Waals surface area (Å²) in [5.74, 6) is 0.641. The minimum atomic E-state index is 0.351. The highest BCUT2D eigenvalue weighted by atomic mass is 16.4. The molecule has 0 aliphatic heterocycles. The van der Waals surface area contributed by atoms with Crippen molar-refractivity contribution < 1.29 is 4.42 Å². The van der Waals surface area contributed by atoms with E-state index in [1.54, 1.807) is 30.7 Å². The molecule has 0 aliphatic carbocycles. The molecule has 6 nitrogen and oxygen atoms in total. The molecule has 104 valence electrons. The second kappa shape index (κ2) is 5.54. The fraction of sp³-hybridized carbons (Fsp3) is 0.0667. The number of nitrogens with one attached hydrogen (secondary N) is 1. The summed E-state index contributed by atoms with van der Waals surface area (Å²) >= 11 is 0. The lowest BCUT2D eigenvalue weighted by Crippen LogP contribution is -1.92. The van der Waals surface area contributed by atoms with E-state index in [0.717, 1.165) is 16.8 Å². The van der Waals surface area contributed by atoms with E-state index in [4.69, 9.17) is 4.42 Å². The van der Waals surface area contributed by atoms with Gasteiger partial charge in [0.15, 0.2) is 5.76 Å². The van der Waals surface area contributed by atoms with Crippen LogP contribution in [0.2, 0.25) is 0 Å². The van der Waals surface area contributed by atoms with E-state index >= 15 is 0 Å². The first-order valence-corrected chi connectivity index (χ1v) is 6.33. The standard InChI is InChI=1S/C15H12N4O2/c1-10-2-3-12(19-20)8-13(10)18-15-17-9-14(21-15)11-4-6-16-7-5-11/h2-9H,1H3,(H,17,18). The molecule has 2 aromatic heterocycles. The SMILES string of the molecule is Cc1ccc(N=O)cc1Nc1ncc(-c2ccncc2)o1. The summed E-state index contributed by atoms with van der Waals surface area (Å²) in [7, 11) is 0. The third kappa shape index (κ3) is 2.79. The summed E-state index contributed by atoms with van der Waals surface area (Å²) in [6, 6.07) is 9.16. The molecule has 1 aromatic carbocycles. The van der Waals surface area contributed by atoms with Gasteiger partial charge in [0.05, 0.1) is 6.20 Å². The van der Waals surface area contributed by atoms with Gasteiger partial charge in [-0.25, -0.2) is 4.98 Å². The molecule has 0 saturated heterocycles. The highest BCUT2D eigenvalue weighted by Gasteiger charge is 2.08. The Morgan fingerprint density at radius 2 is 2.00 bits per heavy atom. The zero-order chi connectivity index (χ0) is 14.7. The highest BCUT2D eigenvalue weighted by molar-refractivity contribution is 5.64. The number of pyridine rings is 1. The zero-order valence-electron chi connectivity index (χ0n) is 11.3. The number of nitroso groups, excluding NO2 is 1. The van der Waals surface area contributed by atoms with Crippen molar-refractivity contribution in [2.24, 2.45) is 5.18 Å². The molecule has 21 heavy (non-hydrogen) atoms. The van der Waals surface area contributed by atoms with Crippen LogP contribution in [0.25, 0.3) is 11.3 Å². The zero-order valence-corrected chi connectivity index (χ0v) is 11.3. The first kappa shape index (κ1) is 13.0. The Morgan fingerprint density at radius 3 is 2.76 bits per heavy atom. The summed E-state index contributed by atoms with van der Waals surface area (Å²) in [6.07, 6.45) is 5.01. The van der Waals surface area contributed by atoms with Crippen LogP contribution in [0, 0.1) is 11.8 Å². The molecule has 0 saturated carbocycles. The molecule has 0 bridgehead atoms. The molecule has 0 atom stereocenters. The lowest BCUT2D eigenvalue weighted by Gasteiger charge is -2.05. The van der Waals surface area contributed by atoms with Gasteiger partial charge in [0, 0.05) is 23.6 Å². The molecule has 1 N–H and O–H groups in total. The van der Waals surface area contributed by atoms with Crippen LogP contribution in [0.15, 0.2) is 58.5 Å². The molecule has 6 heteroatoms. The second-order valence-corrected chi connectivity index (χ2v) is 4.48. The van der Waals surface area contributed by atoms with Crippen molar-refractivity contribution in [3.63, 3.8) is 0 Å². The maximum Gasteiger partial charge on any atom is 0.299 e. The average molecular weight is 280 g/mol. The van der Waals surface area contributed by atoms with Gasteiger partial charge in [-0.15, -0.1) is 4.91 Å². The topological polar surface area (TPSA) is 80.4 Å². The van der Waals surface area contributed by atoms with Gasteiger partial charge in [-0.3, -0.25) is 4.98 Å². The number of aromatic nitrogens is 2. The first-order chi connectivity index (χ1) is 10.3. The Kier molecular flexibility index (Phi) is 3.42. The smallest absolute Gasteiger partial charge is 0.299 e. The van der Waals surface area contributed by atoms with E-state index in [9.17, 15) is 4.91 Å². The molecular weight excluding hydrogens is 268 g/mol. The van der Waals surface area contributed by atoms with Crippen molar-refractivity contribution in [1.82, 2.24) is 9.97 Å². The van der Waals surface area contributed by atoms with E-state index in [1.807, 2.05) is 25.1 Å². The van der Waals surface area contributed by atoms with Gasteiger partial charge < -0.3 is 9.73 Å². The van der Waals surface area contributed by atoms with Crippen LogP contribution in [0.3, 0.4) is 0 Å². The number of benzene rings is 1. The Balaban J connectivity index is 1.86. The number of hydrogen-bond donors (Lipinski definition) is 1. The van der Waals surface area contributed by atoms with Crippen LogP contribution < -0.4 is 5.32 Å². The molecule has 3 rings (SSSR count). The number of aryl methyl sites for hydroxylation is 1. The minimum absolute atomic E-state index is 0.351. The third-order valence-electron chi connectivity index (χ3n) is 3.04. The summed E-state index contributed by atoms with van der Waals surface area (Å²) in [6.45, 7) is 1.92. The van der Waals surface area contributed by atoms with E-state index in [1.165, 1.54) is 0 Å². The van der Waals surface area contributed by atoms with E-state index in [2.05, 4.69) is 20.5 Å². The minimum Gasteiger partial charge on any atom is -0.423 e. The molecule has 0 radical (unpaired) electrons. The van der Waals surface area contributed by atoms with Gasteiger partial charge in [0.2, 0.25) is 0 Å². The van der Waals surface area contributed by atoms with Crippen LogP contribution in [0.4, 0.5) is 17.4 Å². The second-order valence-electron chi connectivity index (χ2n) is 4.48. The van der Waals surface area contributed by atoms with Crippen LogP contribution in [0.1, 0.15) is 5.56 Å². The monoisotopic (exact) mass is 280 g/mol. The predicted molar refractivity (Wildman–Crippen MR) is 79.7 cm³/mol. The quantitative estimate of drug-likeness (QED) is 0.725. The summed E-state index contributed by atoms with van der Waals surface area (Å²) in [5.41, 5.74) is 2.94. The maximum atomic E-state index is 10.6. The van der Waals surface area contributed by atoms with Gasteiger partial charge in [0.1, 0.15) is 5.69 Å². The number of hydrogen-bond acceptors (Lipinski definition) is 6. The van der Waals surface area contributed by atoms with Crippen molar-refractivity contribution in [1.29, 1.82) is 0 Å². The van der Waals surface area contributed by atoms with Crippen molar-refractivity contribution >= 4 is 17.4 Å². The van der Waals surface area contributed by atoms with E-state index in [-0.39, 0.29) is 0 Å². The van der Waals surface area contributed by atoms with Crippen molar-refractivity contribution in [3.05, 3.63) is 59.4 Å². The average Bonchev–Trinajstić information content (AvgIpc) is 2.99. The maximum absolute atomic E-state index is 10.6. The van der Waals surface area contributed by atoms with Crippen LogP contribution in [-0.4, -0.2) is 9.97 Å². The largest absolute Gasteiger partial charge is 0.423 e. The summed E-state index contributed by atoms with van der Waals surface area (Å²) < 4.78 is 5.64. The van der Waals surface area contributed by atoms with Gasteiger partial charge in [-0.2, -0.15) is 0 Å². The Morgan fingerprint density at radius 1 is 1.19 bits per heavy atom. The number of nitrogens with zero attached hydrogens (tertiary/aromatic N) is 3. The molecule has 2 heterocycles. The molecule has 0 amide bonds. The molecule has 0 aliphatic rings. The lowest BCUT2D eigenvalue weighted by molar-refractivity contribution is 0.592. The molecule has 0 spiro atoms. The van der Waals surface area contributed by atoms with E-state index < -0.39 is 0 Å². The normalized spacial score (nSPS) is 10.3. The third-order valence-corrected chi connectivity index (χ3v) is 3.04. The van der Waals surface area contributed by atoms with Gasteiger partial charge in [-0.05, 0) is 41.9 Å². The summed E-state index contributed by atoms with van der Waals surface area (Å²) in [5, 5.41) is 5.96. The summed E-state index contributed by atoms with van der Waals surface area (Å²) in [4.78, 5) is 18.7. The van der Waals surface area contributed by atoms with Crippen molar-refractivity contribution in [2.45, 2.75) is 6.92 Å². The Labute approximate surface area is 120 Å². The highest BCUT2D eigenvalue weighted by Crippen LogP contribution is 2.27.